The van der Waals surface area contributed by atoms with E-state index < -0.39 is 17.8 Å². The van der Waals surface area contributed by atoms with Crippen LogP contribution < -0.4 is 4.74 Å². The highest BCUT2D eigenvalue weighted by Gasteiger charge is 2.32. The second-order valence-electron chi connectivity index (χ2n) is 7.68. The molecule has 2 heterocycles. The zero-order valence-corrected chi connectivity index (χ0v) is 19.0. The first-order valence-electron chi connectivity index (χ1n) is 10.7. The topological polar surface area (TPSA) is 60.2 Å². The minimum absolute atomic E-state index is 0.0749. The summed E-state index contributed by atoms with van der Waals surface area (Å²) >= 11 is 0. The number of likely N-dealkylation sites (N-methyl/N-ethyl adjacent to an activating group) is 1. The molecule has 1 amide bonds. The summed E-state index contributed by atoms with van der Waals surface area (Å²) in [5, 5.41) is 0. The summed E-state index contributed by atoms with van der Waals surface area (Å²) in [6, 6.07) is 9.10. The van der Waals surface area contributed by atoms with E-state index in [0.717, 1.165) is 17.8 Å². The Morgan fingerprint density at radius 3 is 2.42 bits per heavy atom. The minimum atomic E-state index is -4.46. The van der Waals surface area contributed by atoms with Gasteiger partial charge in [-0.15, -0.1) is 0 Å². The summed E-state index contributed by atoms with van der Waals surface area (Å²) in [6.45, 7) is 6.03. The maximum Gasteiger partial charge on any atom is 0.417 e. The predicted molar refractivity (Wildman–Crippen MR) is 119 cm³/mol. The van der Waals surface area contributed by atoms with Gasteiger partial charge in [0.05, 0.1) is 17.2 Å². The molecule has 0 spiro atoms. The number of nitrogens with zero attached hydrogens (tertiary/aromatic N) is 4. The summed E-state index contributed by atoms with van der Waals surface area (Å²) in [6.07, 6.45) is -0.134. The molecular formula is C24H27F3N4O2. The molecule has 0 aliphatic rings. The fourth-order valence-electron chi connectivity index (χ4n) is 3.87. The highest BCUT2D eigenvalue weighted by atomic mass is 19.4. The van der Waals surface area contributed by atoms with Crippen LogP contribution in [0.3, 0.4) is 0 Å². The monoisotopic (exact) mass is 460 g/mol. The molecule has 3 aromatic rings. The van der Waals surface area contributed by atoms with E-state index in [4.69, 9.17) is 4.74 Å². The fraction of sp³-hybridized carbons (Fsp3) is 0.375. The van der Waals surface area contributed by atoms with E-state index in [1.54, 1.807) is 30.2 Å². The molecule has 9 heteroatoms. The molecule has 2 atom stereocenters. The molecule has 2 aromatic heterocycles. The van der Waals surface area contributed by atoms with Crippen LogP contribution in [-0.4, -0.2) is 44.0 Å². The van der Waals surface area contributed by atoms with Gasteiger partial charge in [-0.3, -0.25) is 4.79 Å². The van der Waals surface area contributed by atoms with Gasteiger partial charge in [-0.1, -0.05) is 25.1 Å². The summed E-state index contributed by atoms with van der Waals surface area (Å²) in [5.74, 6) is 0.589. The SMILES string of the molecule is CCC(C(C)Oc1ccc(C(F)(F)F)cn1)N(CC)C(=O)c1ccccc1-c1nccn1C. The molecule has 6 nitrogen and oxygen atoms in total. The Hall–Kier alpha value is -3.36. The summed E-state index contributed by atoms with van der Waals surface area (Å²) in [4.78, 5) is 23.5. The van der Waals surface area contributed by atoms with Crippen LogP contribution in [0, 0.1) is 0 Å². The molecule has 0 fully saturated rings. The molecule has 0 bridgehead atoms. The number of pyridine rings is 1. The third-order valence-corrected chi connectivity index (χ3v) is 5.55. The largest absolute Gasteiger partial charge is 0.472 e. The third kappa shape index (κ3) is 5.35. The minimum Gasteiger partial charge on any atom is -0.472 e. The van der Waals surface area contributed by atoms with E-state index >= 15 is 0 Å². The van der Waals surface area contributed by atoms with Gasteiger partial charge in [-0.2, -0.15) is 13.2 Å². The van der Waals surface area contributed by atoms with E-state index in [-0.39, 0.29) is 17.8 Å². The first-order valence-corrected chi connectivity index (χ1v) is 10.7. The number of carbonyl (C=O) groups is 1. The van der Waals surface area contributed by atoms with Crippen molar-refractivity contribution in [1.82, 2.24) is 19.4 Å². The summed E-state index contributed by atoms with van der Waals surface area (Å²) < 4.78 is 46.1. The molecule has 0 aliphatic carbocycles. The molecule has 0 saturated carbocycles. The number of rotatable bonds is 8. The Kier molecular flexibility index (Phi) is 7.40. The van der Waals surface area contributed by atoms with Gasteiger partial charge in [-0.05, 0) is 32.4 Å². The van der Waals surface area contributed by atoms with Crippen LogP contribution in [0.5, 0.6) is 5.88 Å². The molecule has 3 rings (SSSR count). The van der Waals surface area contributed by atoms with Crippen molar-refractivity contribution in [3.05, 3.63) is 66.1 Å². The predicted octanol–water partition coefficient (Wildman–Crippen LogP) is 5.21. The summed E-state index contributed by atoms with van der Waals surface area (Å²) in [5.41, 5.74) is 0.402. The van der Waals surface area contributed by atoms with Crippen molar-refractivity contribution in [3.63, 3.8) is 0 Å². The second-order valence-corrected chi connectivity index (χ2v) is 7.68. The van der Waals surface area contributed by atoms with Crippen molar-refractivity contribution in [2.75, 3.05) is 6.54 Å². The van der Waals surface area contributed by atoms with Crippen LogP contribution in [-0.2, 0) is 13.2 Å². The lowest BCUT2D eigenvalue weighted by atomic mass is 10.0. The standard InChI is InChI=1S/C24H27F3N4O2/c1-5-20(16(3)33-21-12-11-17(15-29-21)24(25,26)27)31(6-2)23(32)19-10-8-7-9-18(19)22-28-13-14-30(22)4/h7-16,20H,5-6H2,1-4H3. The zero-order valence-electron chi connectivity index (χ0n) is 19.0. The van der Waals surface area contributed by atoms with E-state index in [1.165, 1.54) is 6.07 Å². The first-order chi connectivity index (χ1) is 15.7. The van der Waals surface area contributed by atoms with Crippen LogP contribution >= 0.6 is 0 Å². The first kappa shape index (κ1) is 24.3. The highest BCUT2D eigenvalue weighted by Crippen LogP contribution is 2.30. The van der Waals surface area contributed by atoms with E-state index in [0.29, 0.717) is 24.4 Å². The number of hydrogen-bond acceptors (Lipinski definition) is 4. The molecule has 2 unspecified atom stereocenters. The van der Waals surface area contributed by atoms with Gasteiger partial charge in [0.1, 0.15) is 11.9 Å². The Balaban J connectivity index is 1.84. The molecule has 33 heavy (non-hydrogen) atoms. The van der Waals surface area contributed by atoms with Crippen LogP contribution in [0.1, 0.15) is 43.1 Å². The fourth-order valence-corrected chi connectivity index (χ4v) is 3.87. The number of amides is 1. The van der Waals surface area contributed by atoms with Crippen LogP contribution in [0.4, 0.5) is 13.2 Å². The van der Waals surface area contributed by atoms with E-state index in [1.807, 2.05) is 43.8 Å². The highest BCUT2D eigenvalue weighted by molar-refractivity contribution is 6.00. The molecule has 0 radical (unpaired) electrons. The molecule has 0 N–H and O–H groups in total. The number of aryl methyl sites for hydroxylation is 1. The van der Waals surface area contributed by atoms with Gasteiger partial charge in [0.15, 0.2) is 0 Å². The third-order valence-electron chi connectivity index (χ3n) is 5.55. The summed E-state index contributed by atoms with van der Waals surface area (Å²) in [7, 11) is 1.86. The number of aromatic nitrogens is 3. The van der Waals surface area contributed by atoms with E-state index in [2.05, 4.69) is 9.97 Å². The van der Waals surface area contributed by atoms with Gasteiger partial charge >= 0.3 is 6.18 Å². The second kappa shape index (κ2) is 10.1. The van der Waals surface area contributed by atoms with Crippen molar-refractivity contribution in [3.8, 4) is 17.3 Å². The molecular weight excluding hydrogens is 433 g/mol. The van der Waals surface area contributed by atoms with Crippen molar-refractivity contribution in [2.45, 2.75) is 45.5 Å². The van der Waals surface area contributed by atoms with Crippen molar-refractivity contribution >= 4 is 5.91 Å². The molecule has 1 aromatic carbocycles. The Bertz CT molecular complexity index is 1080. The lowest BCUT2D eigenvalue weighted by Gasteiger charge is -2.34. The number of imidazole rings is 1. The van der Waals surface area contributed by atoms with Gasteiger partial charge in [0.25, 0.3) is 5.91 Å². The lowest BCUT2D eigenvalue weighted by molar-refractivity contribution is -0.137. The van der Waals surface area contributed by atoms with Gasteiger partial charge < -0.3 is 14.2 Å². The maximum absolute atomic E-state index is 13.6. The van der Waals surface area contributed by atoms with Crippen LogP contribution in [0.2, 0.25) is 0 Å². The Labute approximate surface area is 191 Å². The van der Waals surface area contributed by atoms with Crippen molar-refractivity contribution in [2.24, 2.45) is 7.05 Å². The number of carbonyl (C=O) groups excluding carboxylic acids is 1. The average Bonchev–Trinajstić information content (AvgIpc) is 3.22. The van der Waals surface area contributed by atoms with Crippen LogP contribution in [0.15, 0.2) is 55.0 Å². The van der Waals surface area contributed by atoms with E-state index in [9.17, 15) is 18.0 Å². The maximum atomic E-state index is 13.6. The normalized spacial score (nSPS) is 13.4. The quantitative estimate of drug-likeness (QED) is 0.463. The number of halogens is 3. The van der Waals surface area contributed by atoms with Gasteiger partial charge in [0.2, 0.25) is 5.88 Å². The smallest absolute Gasteiger partial charge is 0.417 e. The van der Waals surface area contributed by atoms with Crippen molar-refractivity contribution in [1.29, 1.82) is 0 Å². The number of hydrogen-bond donors (Lipinski definition) is 0. The number of alkyl halides is 3. The Morgan fingerprint density at radius 1 is 1.15 bits per heavy atom. The lowest BCUT2D eigenvalue weighted by Crippen LogP contribution is -2.47. The number of benzene rings is 1. The van der Waals surface area contributed by atoms with Gasteiger partial charge in [0, 0.05) is 43.8 Å². The molecule has 0 saturated heterocycles. The van der Waals surface area contributed by atoms with Crippen molar-refractivity contribution < 1.29 is 22.7 Å². The van der Waals surface area contributed by atoms with Crippen LogP contribution in [0.25, 0.3) is 11.4 Å². The molecule has 176 valence electrons. The average molecular weight is 461 g/mol. The zero-order chi connectivity index (χ0) is 24.2. The number of ether oxygens (including phenoxy) is 1. The van der Waals surface area contributed by atoms with Gasteiger partial charge in [-0.25, -0.2) is 9.97 Å². The Morgan fingerprint density at radius 2 is 1.88 bits per heavy atom. The molecule has 0 aliphatic heterocycles.